The lowest BCUT2D eigenvalue weighted by Crippen LogP contribution is -2.67. The first-order valence-corrected chi connectivity index (χ1v) is 25.5. The molecule has 0 heterocycles. The molecule has 0 aromatic heterocycles. The molecule has 0 spiro atoms. The Labute approximate surface area is 438 Å². The van der Waals surface area contributed by atoms with Crippen LogP contribution < -0.4 is 0 Å². The Bertz CT molecular complexity index is 3810. The lowest BCUT2D eigenvalue weighted by molar-refractivity contribution is 0.121. The highest BCUT2D eigenvalue weighted by Gasteiger charge is 2.57. The van der Waals surface area contributed by atoms with Gasteiger partial charge in [-0.15, -0.1) is 12.8 Å². The summed E-state index contributed by atoms with van der Waals surface area (Å²) in [4.78, 5) is 0. The van der Waals surface area contributed by atoms with Crippen LogP contribution >= 0.6 is 0 Å². The molecule has 4 atom stereocenters. The second kappa shape index (κ2) is 27.9. The van der Waals surface area contributed by atoms with Crippen molar-refractivity contribution in [3.8, 4) is 262 Å². The normalized spacial score (nSPS) is 15.0. The monoisotopic (exact) mass is 935 g/mol. The smallest absolute Gasteiger partial charge is 0.144 e. The average molecular weight is 936 g/mol. The highest BCUT2D eigenvalue weighted by molar-refractivity contribution is 6.76. The van der Waals surface area contributed by atoms with Gasteiger partial charge in [0.1, 0.15) is 13.7 Å². The second-order valence-corrected chi connectivity index (χ2v) is 22.5. The lowest BCUT2D eigenvalue weighted by atomic mass is 9.74. The number of allylic oxidation sites excluding steroid dienone is 4. The van der Waals surface area contributed by atoms with Crippen LogP contribution in [0.5, 0.6) is 0 Å². The van der Waals surface area contributed by atoms with E-state index in [1.54, 1.807) is 0 Å². The minimum atomic E-state index is -2.13. The summed E-state index contributed by atoms with van der Waals surface area (Å²) in [7, 11) is -2.13. The Hall–Kier alpha value is -10.8. The molecular weight excluding hydrogens is 895 g/mol. The fourth-order valence-electron chi connectivity index (χ4n) is 9.86. The number of rotatable bonds is 2. The van der Waals surface area contributed by atoms with Crippen LogP contribution in [0.1, 0.15) is 66.0 Å². The first-order chi connectivity index (χ1) is 35.2. The number of hydrogen-bond acceptors (Lipinski definition) is 1. The van der Waals surface area contributed by atoms with Crippen molar-refractivity contribution in [2.75, 3.05) is 0 Å². The fraction of sp³-hybridized carbons (Fsp3) is 0.239. The molecular formula is C71H41NSi. The Balaban J connectivity index is 1.71. The van der Waals surface area contributed by atoms with Crippen LogP contribution in [0.25, 0.3) is 5.57 Å². The SMILES string of the molecule is C#CC#CC#CC#CC#CC#CC#CC#CC#CC#CC#CC1(C#CC#CC#CC#CC#CC#CC#CC#CC#CC#CC#C)C2=CC3C(C=C2c2ccccc21)CC(C)C3[Si](C)(C)N(C(C)(C)C)C(C)(C)C. The number of hydrogen-bond donors (Lipinski definition) is 0. The van der Waals surface area contributed by atoms with E-state index in [-0.39, 0.29) is 11.1 Å². The Morgan fingerprint density at radius 1 is 0.466 bits per heavy atom. The van der Waals surface area contributed by atoms with Crippen molar-refractivity contribution in [1.29, 1.82) is 0 Å². The molecule has 1 aromatic carbocycles. The van der Waals surface area contributed by atoms with Crippen molar-refractivity contribution in [3.05, 3.63) is 53.1 Å². The molecule has 334 valence electrons. The van der Waals surface area contributed by atoms with E-state index in [1.807, 2.05) is 6.07 Å². The van der Waals surface area contributed by atoms with E-state index in [0.29, 0.717) is 23.3 Å². The standard InChI is InChI=1S/C71H41NSi/c1-12-14-16-18-20-22-24-26-28-30-32-34-36-38-40-42-44-46-48-52-56-71(57-53-49-47-45-43-41-39-37-35-33-31-29-27-25-23-21-19-17-15-13-2)66-55-51-50-54-63(66)65-59-62-58-61(3)68(64(62)60-67(65)71)73(10,11)72(69(4,5)6)70(7,8)9/h1-2,50-51,54-55,59-62,64,68H,58H2,3-11H3. The first kappa shape index (κ1) is 54.8. The van der Waals surface area contributed by atoms with Crippen LogP contribution in [0.15, 0.2) is 42.0 Å². The van der Waals surface area contributed by atoms with Crippen molar-refractivity contribution in [2.24, 2.45) is 17.8 Å². The van der Waals surface area contributed by atoms with Gasteiger partial charge in [0, 0.05) is 58.4 Å². The first-order valence-electron chi connectivity index (χ1n) is 22.5. The van der Waals surface area contributed by atoms with Gasteiger partial charge in [-0.05, 0) is 283 Å². The average Bonchev–Trinajstić information content (AvgIpc) is 3.81. The molecule has 0 bridgehead atoms. The highest BCUT2D eigenvalue weighted by Crippen LogP contribution is 2.61. The molecule has 73 heavy (non-hydrogen) atoms. The molecule has 0 radical (unpaired) electrons. The topological polar surface area (TPSA) is 3.24 Å². The van der Waals surface area contributed by atoms with E-state index in [1.165, 1.54) is 5.57 Å². The molecule has 1 nitrogen and oxygen atoms in total. The molecule has 0 saturated heterocycles. The van der Waals surface area contributed by atoms with E-state index >= 15 is 0 Å². The zero-order chi connectivity index (χ0) is 52.8. The summed E-state index contributed by atoms with van der Waals surface area (Å²) in [5.74, 6) is 112. The van der Waals surface area contributed by atoms with E-state index < -0.39 is 13.7 Å². The Morgan fingerprint density at radius 3 is 1.11 bits per heavy atom. The molecule has 0 aliphatic heterocycles. The van der Waals surface area contributed by atoms with Crippen LogP contribution in [0.4, 0.5) is 0 Å². The third-order valence-electron chi connectivity index (χ3n) is 10.8. The number of fused-ring (bicyclic) bond motifs is 4. The van der Waals surface area contributed by atoms with Crippen LogP contribution in [-0.2, 0) is 5.41 Å². The van der Waals surface area contributed by atoms with Gasteiger partial charge in [-0.25, -0.2) is 0 Å². The van der Waals surface area contributed by atoms with Crippen molar-refractivity contribution >= 4 is 13.8 Å². The molecule has 4 rings (SSSR count). The minimum Gasteiger partial charge on any atom is -0.314 e. The summed E-state index contributed by atoms with van der Waals surface area (Å²) in [5.41, 5.74) is 3.76. The Kier molecular flexibility index (Phi) is 20.9. The van der Waals surface area contributed by atoms with Crippen molar-refractivity contribution in [2.45, 2.75) is 90.0 Å². The molecule has 2 heteroatoms. The summed E-state index contributed by atoms with van der Waals surface area (Å²) in [6.45, 7) is 21.7. The van der Waals surface area contributed by atoms with Gasteiger partial charge in [-0.1, -0.05) is 68.3 Å². The molecule has 0 amide bonds. The minimum absolute atomic E-state index is 0.0186. The second-order valence-electron chi connectivity index (χ2n) is 18.1. The van der Waals surface area contributed by atoms with Gasteiger partial charge in [0.25, 0.3) is 0 Å². The molecule has 1 saturated carbocycles. The molecule has 1 fully saturated rings. The maximum Gasteiger partial charge on any atom is 0.144 e. The summed E-state index contributed by atoms with van der Waals surface area (Å²) in [6.07, 6.45) is 16.2. The molecule has 3 aliphatic rings. The van der Waals surface area contributed by atoms with Gasteiger partial charge in [-0.2, -0.15) is 0 Å². The molecule has 0 N–H and O–H groups in total. The fourth-order valence-corrected chi connectivity index (χ4v) is 16.4. The van der Waals surface area contributed by atoms with E-state index in [4.69, 9.17) is 12.8 Å². The predicted octanol–water partition coefficient (Wildman–Crippen LogP) is 7.34. The molecule has 1 aromatic rings. The maximum atomic E-state index is 5.02. The summed E-state index contributed by atoms with van der Waals surface area (Å²) >= 11 is 0. The van der Waals surface area contributed by atoms with E-state index in [2.05, 4.69) is 345 Å². The van der Waals surface area contributed by atoms with E-state index in [0.717, 1.165) is 23.1 Å². The summed E-state index contributed by atoms with van der Waals surface area (Å²) in [6, 6.07) is 8.35. The lowest BCUT2D eigenvalue weighted by Gasteiger charge is -2.57. The predicted molar refractivity (Wildman–Crippen MR) is 301 cm³/mol. The third-order valence-corrected chi connectivity index (χ3v) is 15.9. The zero-order valence-electron chi connectivity index (χ0n) is 42.1. The summed E-state index contributed by atoms with van der Waals surface area (Å²) < 4.78 is 2.84. The Morgan fingerprint density at radius 2 is 0.781 bits per heavy atom. The number of terminal acetylenes is 2. The van der Waals surface area contributed by atoms with Gasteiger partial charge in [0.15, 0.2) is 0 Å². The number of benzene rings is 1. The molecule has 4 unspecified atom stereocenters. The largest absolute Gasteiger partial charge is 0.314 e. The maximum absolute atomic E-state index is 5.02. The zero-order valence-corrected chi connectivity index (χ0v) is 43.1. The van der Waals surface area contributed by atoms with Gasteiger partial charge in [0.2, 0.25) is 0 Å². The van der Waals surface area contributed by atoms with Gasteiger partial charge in [-0.3, -0.25) is 0 Å². The van der Waals surface area contributed by atoms with Crippen LogP contribution in [0.3, 0.4) is 0 Å². The van der Waals surface area contributed by atoms with Crippen LogP contribution in [-0.4, -0.2) is 23.9 Å². The van der Waals surface area contributed by atoms with Crippen LogP contribution in [0, 0.1) is 279 Å². The highest BCUT2D eigenvalue weighted by atomic mass is 28.3. The van der Waals surface area contributed by atoms with Crippen molar-refractivity contribution in [3.63, 3.8) is 0 Å². The van der Waals surface area contributed by atoms with Crippen LogP contribution in [0.2, 0.25) is 18.6 Å². The summed E-state index contributed by atoms with van der Waals surface area (Å²) in [5, 5.41) is 0. The van der Waals surface area contributed by atoms with Gasteiger partial charge < -0.3 is 4.57 Å². The van der Waals surface area contributed by atoms with Gasteiger partial charge in [0.05, 0.1) is 0 Å². The third kappa shape index (κ3) is 16.4. The van der Waals surface area contributed by atoms with Crippen molar-refractivity contribution in [1.82, 2.24) is 4.57 Å². The van der Waals surface area contributed by atoms with Crippen molar-refractivity contribution < 1.29 is 0 Å². The molecule has 3 aliphatic carbocycles. The van der Waals surface area contributed by atoms with Gasteiger partial charge >= 0.3 is 0 Å². The number of nitrogens with zero attached hydrogens (tertiary/aromatic N) is 1. The quantitative estimate of drug-likeness (QED) is 0.222. The van der Waals surface area contributed by atoms with E-state index in [9.17, 15) is 0 Å².